The smallest absolute Gasteiger partial charge is 0.352 e. The van der Waals surface area contributed by atoms with E-state index in [2.05, 4.69) is 37.4 Å². The molecule has 0 aliphatic heterocycles. The lowest BCUT2D eigenvalue weighted by atomic mass is 10.0. The lowest BCUT2D eigenvalue weighted by Crippen LogP contribution is -2.26. The quantitative estimate of drug-likeness (QED) is 0.204. The Kier molecular flexibility index (Phi) is 8.53. The lowest BCUT2D eigenvalue weighted by Gasteiger charge is -2.09. The van der Waals surface area contributed by atoms with Gasteiger partial charge in [-0.3, -0.25) is 14.7 Å². The number of carbonyl (C=O) groups is 2. The van der Waals surface area contributed by atoms with Crippen LogP contribution >= 0.6 is 11.6 Å². The van der Waals surface area contributed by atoms with Crippen LogP contribution in [-0.2, 0) is 19.1 Å². The number of alkyl halides is 3. The van der Waals surface area contributed by atoms with Crippen LogP contribution in [0.15, 0.2) is 36.5 Å². The molecule has 6 N–H and O–H groups in total. The Morgan fingerprint density at radius 1 is 1.22 bits per heavy atom. The largest absolute Gasteiger partial charge is 0.435 e. The van der Waals surface area contributed by atoms with Crippen LogP contribution in [0.5, 0.6) is 0 Å². The van der Waals surface area contributed by atoms with Crippen molar-refractivity contribution in [2.45, 2.75) is 32.5 Å². The first kappa shape index (κ1) is 27.0. The van der Waals surface area contributed by atoms with Gasteiger partial charge in [0.2, 0.25) is 0 Å². The van der Waals surface area contributed by atoms with Crippen molar-refractivity contribution in [1.29, 1.82) is 0 Å². The summed E-state index contributed by atoms with van der Waals surface area (Å²) in [6, 6.07) is 4.70. The summed E-state index contributed by atoms with van der Waals surface area (Å²) in [6.07, 6.45) is -2.79. The molecule has 192 valence electrons. The predicted octanol–water partition coefficient (Wildman–Crippen LogP) is 3.60. The highest BCUT2D eigenvalue weighted by atomic mass is 35.5. The Bertz CT molecular complexity index is 1270. The summed E-state index contributed by atoms with van der Waals surface area (Å²) in [6.45, 7) is 6.32. The molecule has 0 fully saturated rings. The first-order valence-corrected chi connectivity index (χ1v) is 11.3. The van der Waals surface area contributed by atoms with Crippen LogP contribution in [0.2, 0.25) is 5.02 Å². The number of nitrogens with one attached hydrogen (secondary N) is 4. The molecule has 13 heteroatoms. The van der Waals surface area contributed by atoms with Crippen molar-refractivity contribution in [2.75, 3.05) is 13.1 Å². The van der Waals surface area contributed by atoms with E-state index in [1.165, 1.54) is 12.1 Å². The fourth-order valence-electron chi connectivity index (χ4n) is 3.38. The maximum Gasteiger partial charge on any atom is 0.435 e. The van der Waals surface area contributed by atoms with Gasteiger partial charge in [0.05, 0.1) is 28.0 Å². The number of carbonyl (C=O) groups excluding carboxylic acids is 2. The molecule has 3 rings (SSSR count). The highest BCUT2D eigenvalue weighted by molar-refractivity contribution is 6.33. The molecule has 0 unspecified atom stereocenters. The van der Waals surface area contributed by atoms with Crippen molar-refractivity contribution < 1.29 is 22.8 Å². The topological polar surface area (TPSA) is 142 Å². The van der Waals surface area contributed by atoms with Gasteiger partial charge in [-0.2, -0.15) is 18.3 Å². The number of rotatable bonds is 10. The molecule has 0 saturated carbocycles. The Morgan fingerprint density at radius 2 is 1.97 bits per heavy atom. The van der Waals surface area contributed by atoms with E-state index in [-0.39, 0.29) is 52.2 Å². The molecule has 0 spiro atoms. The normalized spacial score (nSPS) is 11.4. The fraction of sp³-hybridized carbons (Fsp3) is 0.304. The first-order valence-electron chi connectivity index (χ1n) is 10.9. The van der Waals surface area contributed by atoms with Gasteiger partial charge in [0.25, 0.3) is 11.8 Å². The second-order valence-electron chi connectivity index (χ2n) is 8.10. The van der Waals surface area contributed by atoms with Gasteiger partial charge in [0.15, 0.2) is 11.5 Å². The number of aromatic amines is 2. The molecular formula is C23H25ClF3N7O2. The third kappa shape index (κ3) is 6.52. The summed E-state index contributed by atoms with van der Waals surface area (Å²) >= 11 is 6.21. The number of nitrogens with zero attached hydrogens (tertiary/aromatic N) is 2. The van der Waals surface area contributed by atoms with E-state index in [0.29, 0.717) is 30.6 Å². The Morgan fingerprint density at radius 3 is 2.61 bits per heavy atom. The van der Waals surface area contributed by atoms with E-state index in [9.17, 15) is 22.8 Å². The monoisotopic (exact) mass is 523 g/mol. The maximum absolute atomic E-state index is 13.5. The van der Waals surface area contributed by atoms with Crippen LogP contribution in [0.3, 0.4) is 0 Å². The summed E-state index contributed by atoms with van der Waals surface area (Å²) in [5, 5.41) is 11.3. The zero-order valence-corrected chi connectivity index (χ0v) is 20.1. The molecule has 0 atom stereocenters. The summed E-state index contributed by atoms with van der Waals surface area (Å²) in [7, 11) is 0. The van der Waals surface area contributed by atoms with Crippen molar-refractivity contribution >= 4 is 23.4 Å². The van der Waals surface area contributed by atoms with Gasteiger partial charge < -0.3 is 21.4 Å². The number of halogens is 4. The average molecular weight is 524 g/mol. The number of aromatic nitrogens is 4. The highest BCUT2D eigenvalue weighted by Crippen LogP contribution is 2.37. The predicted molar refractivity (Wildman–Crippen MR) is 128 cm³/mol. The van der Waals surface area contributed by atoms with Gasteiger partial charge >= 0.3 is 6.18 Å². The number of nitrogens with two attached hydrogens (primary N) is 1. The Labute approximate surface area is 209 Å². The van der Waals surface area contributed by atoms with E-state index in [4.69, 9.17) is 17.3 Å². The first-order chi connectivity index (χ1) is 17.0. The molecule has 36 heavy (non-hydrogen) atoms. The Hall–Kier alpha value is -3.64. The van der Waals surface area contributed by atoms with E-state index in [1.807, 2.05) is 0 Å². The SMILES string of the molecule is C=C(C)Cc1[nH]nc(C(F)(F)F)c1-c1cnc(C(=O)NCc2ccc(C(=O)NCCCN)c(Cl)c2)[nH]1. The second kappa shape index (κ2) is 11.4. The summed E-state index contributed by atoms with van der Waals surface area (Å²) in [5.41, 5.74) is 5.78. The molecular weight excluding hydrogens is 499 g/mol. The Balaban J connectivity index is 1.71. The van der Waals surface area contributed by atoms with Gasteiger partial charge in [-0.1, -0.05) is 29.8 Å². The molecule has 2 heterocycles. The minimum atomic E-state index is -4.71. The number of benzene rings is 1. The third-order valence-corrected chi connectivity index (χ3v) is 5.36. The number of imidazole rings is 1. The van der Waals surface area contributed by atoms with Gasteiger partial charge in [-0.05, 0) is 37.6 Å². The van der Waals surface area contributed by atoms with Gasteiger partial charge in [-0.15, -0.1) is 0 Å². The fourth-order valence-corrected chi connectivity index (χ4v) is 3.67. The number of hydrogen-bond donors (Lipinski definition) is 5. The summed E-state index contributed by atoms with van der Waals surface area (Å²) in [5.74, 6) is -1.15. The van der Waals surface area contributed by atoms with Crippen LogP contribution in [0.25, 0.3) is 11.3 Å². The zero-order valence-electron chi connectivity index (χ0n) is 19.4. The molecule has 2 aromatic heterocycles. The minimum Gasteiger partial charge on any atom is -0.352 e. The molecule has 2 amide bonds. The molecule has 0 radical (unpaired) electrons. The molecule has 3 aromatic rings. The van der Waals surface area contributed by atoms with Crippen LogP contribution in [0, 0.1) is 0 Å². The standard InChI is InChI=1S/C23H25ClF3N7O2/c1-12(2)8-16-18(19(34-33-16)23(25,26)27)17-11-30-20(32-17)22(36)31-10-13-4-5-14(15(24)9-13)21(35)29-7-3-6-28/h4-5,9,11H,1,3,6-8,10,28H2,2H3,(H,29,35)(H,30,32)(H,31,36)(H,33,34). The molecule has 0 bridgehead atoms. The average Bonchev–Trinajstić information content (AvgIpc) is 3.44. The van der Waals surface area contributed by atoms with Crippen LogP contribution in [0.4, 0.5) is 13.2 Å². The van der Waals surface area contributed by atoms with E-state index in [1.54, 1.807) is 13.0 Å². The highest BCUT2D eigenvalue weighted by Gasteiger charge is 2.39. The van der Waals surface area contributed by atoms with Gasteiger partial charge in [0.1, 0.15) is 0 Å². The van der Waals surface area contributed by atoms with Gasteiger partial charge in [-0.25, -0.2) is 4.98 Å². The number of allylic oxidation sites excluding steroid dienone is 1. The molecule has 1 aromatic carbocycles. The molecule has 9 nitrogen and oxygen atoms in total. The van der Waals surface area contributed by atoms with E-state index < -0.39 is 17.8 Å². The third-order valence-electron chi connectivity index (χ3n) is 5.05. The van der Waals surface area contributed by atoms with Crippen LogP contribution in [0.1, 0.15) is 51.3 Å². The number of H-pyrrole nitrogens is 2. The van der Waals surface area contributed by atoms with Crippen LogP contribution < -0.4 is 16.4 Å². The minimum absolute atomic E-state index is 0.00878. The van der Waals surface area contributed by atoms with Crippen molar-refractivity contribution in [2.24, 2.45) is 5.73 Å². The van der Waals surface area contributed by atoms with E-state index in [0.717, 1.165) is 6.20 Å². The van der Waals surface area contributed by atoms with Crippen molar-refractivity contribution in [3.8, 4) is 11.3 Å². The zero-order chi connectivity index (χ0) is 26.5. The van der Waals surface area contributed by atoms with Crippen molar-refractivity contribution in [3.05, 3.63) is 69.9 Å². The van der Waals surface area contributed by atoms with Gasteiger partial charge in [0, 0.05) is 25.2 Å². The molecule has 0 saturated heterocycles. The maximum atomic E-state index is 13.5. The van der Waals surface area contributed by atoms with Crippen molar-refractivity contribution in [1.82, 2.24) is 30.8 Å². The van der Waals surface area contributed by atoms with Crippen LogP contribution in [-0.4, -0.2) is 45.1 Å². The number of hydrogen-bond acceptors (Lipinski definition) is 5. The molecule has 0 aliphatic rings. The lowest BCUT2D eigenvalue weighted by molar-refractivity contribution is -0.140. The summed E-state index contributed by atoms with van der Waals surface area (Å²) in [4.78, 5) is 31.3. The second-order valence-corrected chi connectivity index (χ2v) is 8.51. The van der Waals surface area contributed by atoms with Crippen molar-refractivity contribution in [3.63, 3.8) is 0 Å². The summed E-state index contributed by atoms with van der Waals surface area (Å²) < 4.78 is 40.5. The number of amides is 2. The van der Waals surface area contributed by atoms with E-state index >= 15 is 0 Å². The molecule has 0 aliphatic carbocycles.